The van der Waals surface area contributed by atoms with Crippen LogP contribution in [0, 0.1) is 58.2 Å². The maximum absolute atomic E-state index is 13.7. The molecular weight excluding hydrogens is 316 g/mol. The molecule has 26 heavy (non-hydrogen) atoms. The second-order valence-electron chi connectivity index (χ2n) is 11.6. The molecule has 1 heteroatoms. The maximum atomic E-state index is 13.7. The van der Waals surface area contributed by atoms with E-state index in [4.69, 9.17) is 0 Å². The molecule has 8 unspecified atom stereocenters. The highest BCUT2D eigenvalue weighted by atomic mass is 16.1. The van der Waals surface area contributed by atoms with Crippen molar-refractivity contribution in [3.63, 3.8) is 0 Å². The first-order chi connectivity index (χ1) is 11.8. The Kier molecular flexibility index (Phi) is 6.41. The molecule has 152 valence electrons. The van der Waals surface area contributed by atoms with Gasteiger partial charge in [-0.15, -0.1) is 0 Å². The molecule has 0 N–H and O–H groups in total. The van der Waals surface area contributed by atoms with Gasteiger partial charge in [-0.1, -0.05) is 82.1 Å². The van der Waals surface area contributed by atoms with Crippen LogP contribution in [0.3, 0.4) is 0 Å². The Hall–Kier alpha value is -0.330. The average molecular weight is 363 g/mol. The third-order valence-corrected chi connectivity index (χ3v) is 9.57. The molecule has 0 aliphatic heterocycles. The van der Waals surface area contributed by atoms with Crippen LogP contribution < -0.4 is 0 Å². The quantitative estimate of drug-likeness (QED) is 0.515. The second kappa shape index (κ2) is 7.59. The van der Waals surface area contributed by atoms with Gasteiger partial charge in [0.25, 0.3) is 0 Å². The van der Waals surface area contributed by atoms with Crippen LogP contribution in [0.25, 0.3) is 0 Å². The summed E-state index contributed by atoms with van der Waals surface area (Å²) in [5, 5.41) is 0. The van der Waals surface area contributed by atoms with Crippen molar-refractivity contribution < 1.29 is 4.79 Å². The number of ketones is 1. The molecule has 2 saturated carbocycles. The van der Waals surface area contributed by atoms with Crippen LogP contribution in [0.4, 0.5) is 0 Å². The monoisotopic (exact) mass is 362 g/mol. The molecule has 0 bridgehead atoms. The van der Waals surface area contributed by atoms with Crippen molar-refractivity contribution in [2.45, 2.75) is 94.9 Å². The fourth-order valence-corrected chi connectivity index (χ4v) is 7.30. The van der Waals surface area contributed by atoms with E-state index in [1.807, 2.05) is 0 Å². The molecule has 8 atom stereocenters. The second-order valence-corrected chi connectivity index (χ2v) is 11.6. The van der Waals surface area contributed by atoms with E-state index in [0.717, 1.165) is 0 Å². The van der Waals surface area contributed by atoms with Crippen molar-refractivity contribution in [3.05, 3.63) is 0 Å². The summed E-state index contributed by atoms with van der Waals surface area (Å²) < 4.78 is 0. The first-order valence-corrected chi connectivity index (χ1v) is 11.4. The fraction of sp³-hybridized carbons (Fsp3) is 0.960. The van der Waals surface area contributed by atoms with Crippen molar-refractivity contribution >= 4 is 5.78 Å². The molecule has 0 spiro atoms. The molecule has 2 rings (SSSR count). The van der Waals surface area contributed by atoms with E-state index in [-0.39, 0.29) is 22.7 Å². The van der Waals surface area contributed by atoms with E-state index in [9.17, 15) is 4.79 Å². The largest absolute Gasteiger partial charge is 0.299 e. The fourth-order valence-electron chi connectivity index (χ4n) is 7.30. The predicted octanol–water partition coefficient (Wildman–Crippen LogP) is 7.24. The lowest BCUT2D eigenvalue weighted by Crippen LogP contribution is -2.49. The van der Waals surface area contributed by atoms with Crippen LogP contribution in [0.15, 0.2) is 0 Å². The summed E-state index contributed by atoms with van der Waals surface area (Å²) in [7, 11) is 0. The Morgan fingerprint density at radius 3 is 1.31 bits per heavy atom. The number of rotatable bonds is 4. The van der Waals surface area contributed by atoms with Gasteiger partial charge in [0.05, 0.1) is 0 Å². The van der Waals surface area contributed by atoms with Gasteiger partial charge in [0.1, 0.15) is 5.78 Å². The van der Waals surface area contributed by atoms with E-state index in [0.29, 0.717) is 41.3 Å². The molecule has 0 radical (unpaired) electrons. The van der Waals surface area contributed by atoms with Gasteiger partial charge in [-0.3, -0.25) is 4.79 Å². The van der Waals surface area contributed by atoms with Crippen LogP contribution in [0.2, 0.25) is 0 Å². The van der Waals surface area contributed by atoms with E-state index in [1.165, 1.54) is 25.7 Å². The zero-order valence-electron chi connectivity index (χ0n) is 19.4. The first kappa shape index (κ1) is 22.0. The highest BCUT2D eigenvalue weighted by molar-refractivity contribution is 5.83. The van der Waals surface area contributed by atoms with Crippen LogP contribution in [0.5, 0.6) is 0 Å². The van der Waals surface area contributed by atoms with Gasteiger partial charge >= 0.3 is 0 Å². The summed E-state index contributed by atoms with van der Waals surface area (Å²) in [6, 6.07) is 0. The highest BCUT2D eigenvalue weighted by Crippen LogP contribution is 2.54. The Morgan fingerprint density at radius 2 is 1.00 bits per heavy atom. The van der Waals surface area contributed by atoms with E-state index < -0.39 is 0 Å². The summed E-state index contributed by atoms with van der Waals surface area (Å²) in [4.78, 5) is 13.7. The van der Waals surface area contributed by atoms with Gasteiger partial charge in [-0.2, -0.15) is 0 Å². The minimum Gasteiger partial charge on any atom is -0.299 e. The van der Waals surface area contributed by atoms with Crippen LogP contribution in [-0.4, -0.2) is 5.78 Å². The molecule has 0 aromatic carbocycles. The van der Waals surface area contributed by atoms with E-state index in [2.05, 4.69) is 69.2 Å². The van der Waals surface area contributed by atoms with Crippen molar-refractivity contribution in [2.24, 2.45) is 58.2 Å². The SMILES string of the molecule is CC1CCC(C)C(C)(C)C1C(C)C(=O)C(C)C1C(C)CCC(C)C1(C)C. The van der Waals surface area contributed by atoms with Gasteiger partial charge in [0.15, 0.2) is 0 Å². The third-order valence-electron chi connectivity index (χ3n) is 9.57. The number of hydrogen-bond acceptors (Lipinski definition) is 1. The molecule has 0 heterocycles. The van der Waals surface area contributed by atoms with Crippen LogP contribution in [0.1, 0.15) is 94.9 Å². The Bertz CT molecular complexity index is 458. The van der Waals surface area contributed by atoms with Crippen molar-refractivity contribution in [2.75, 3.05) is 0 Å². The van der Waals surface area contributed by atoms with Gasteiger partial charge < -0.3 is 0 Å². The third kappa shape index (κ3) is 3.66. The van der Waals surface area contributed by atoms with Crippen LogP contribution in [-0.2, 0) is 4.79 Å². The molecule has 2 aliphatic rings. The number of carbonyl (C=O) groups is 1. The zero-order valence-corrected chi connectivity index (χ0v) is 19.4. The minimum atomic E-state index is 0.179. The molecule has 1 nitrogen and oxygen atoms in total. The minimum absolute atomic E-state index is 0.179. The molecule has 2 aliphatic carbocycles. The summed E-state index contributed by atoms with van der Waals surface area (Å²) in [6.45, 7) is 23.8. The lowest BCUT2D eigenvalue weighted by atomic mass is 9.52. The highest BCUT2D eigenvalue weighted by Gasteiger charge is 2.50. The summed E-state index contributed by atoms with van der Waals surface area (Å²) >= 11 is 0. The summed E-state index contributed by atoms with van der Waals surface area (Å²) in [5.41, 5.74) is 0.515. The Balaban J connectivity index is 2.26. The van der Waals surface area contributed by atoms with Gasteiger partial charge in [0.2, 0.25) is 0 Å². The maximum Gasteiger partial charge on any atom is 0.139 e. The number of Topliss-reactive ketones (excluding diaryl/α,β-unsaturated/α-hetero) is 1. The van der Waals surface area contributed by atoms with Gasteiger partial charge in [0, 0.05) is 11.8 Å². The van der Waals surface area contributed by atoms with Gasteiger partial charge in [-0.05, 0) is 59.2 Å². The van der Waals surface area contributed by atoms with Gasteiger partial charge in [-0.25, -0.2) is 0 Å². The molecule has 2 fully saturated rings. The Labute approximate surface area is 164 Å². The smallest absolute Gasteiger partial charge is 0.139 e. The first-order valence-electron chi connectivity index (χ1n) is 11.4. The van der Waals surface area contributed by atoms with Crippen LogP contribution >= 0.6 is 0 Å². The lowest BCUT2D eigenvalue weighted by Gasteiger charge is -2.52. The standard InChI is InChI=1S/C25H46O/c1-15-11-13-17(3)24(7,8)21(15)19(5)23(26)20(6)22-16(2)12-14-18(4)25(22,9)10/h15-22H,11-14H2,1-10H3. The molecule has 0 aromatic heterocycles. The molecule has 0 saturated heterocycles. The van der Waals surface area contributed by atoms with Crippen molar-refractivity contribution in [1.82, 2.24) is 0 Å². The normalized spacial score (nSPS) is 42.1. The molecule has 0 aromatic rings. The molecule has 0 amide bonds. The number of hydrogen-bond donors (Lipinski definition) is 0. The van der Waals surface area contributed by atoms with Crippen molar-refractivity contribution in [3.8, 4) is 0 Å². The average Bonchev–Trinajstić information content (AvgIpc) is 2.53. The predicted molar refractivity (Wildman–Crippen MR) is 113 cm³/mol. The van der Waals surface area contributed by atoms with E-state index >= 15 is 0 Å². The summed E-state index contributed by atoms with van der Waals surface area (Å²) in [6.07, 6.45) is 5.18. The molecular formula is C25H46O. The van der Waals surface area contributed by atoms with E-state index in [1.54, 1.807) is 0 Å². The Morgan fingerprint density at radius 1 is 0.692 bits per heavy atom. The summed E-state index contributed by atoms with van der Waals surface area (Å²) in [5.74, 6) is 4.66. The lowest BCUT2D eigenvalue weighted by molar-refractivity contribution is -0.139. The van der Waals surface area contributed by atoms with Crippen molar-refractivity contribution in [1.29, 1.82) is 0 Å². The number of carbonyl (C=O) groups excluding carboxylic acids is 1. The zero-order chi connectivity index (χ0) is 20.0. The topological polar surface area (TPSA) is 17.1 Å².